The Morgan fingerprint density at radius 3 is 1.81 bits per heavy atom. The Kier molecular flexibility index (Phi) is 14.1. The molecule has 0 radical (unpaired) electrons. The van der Waals surface area contributed by atoms with E-state index in [2.05, 4.69) is 31.6 Å². The molecule has 0 bridgehead atoms. The fourth-order valence-corrected chi connectivity index (χ4v) is 3.75. The summed E-state index contributed by atoms with van der Waals surface area (Å²) in [6, 6.07) is 0. The summed E-state index contributed by atoms with van der Waals surface area (Å²) >= 11 is 0. The van der Waals surface area contributed by atoms with Crippen LogP contribution in [0.4, 0.5) is 0 Å². The average Bonchev–Trinajstić information content (AvgIpc) is 2.65. The molecule has 1 atom stereocenters. The number of carbonyl (C=O) groups is 1. The number of carbonyl (C=O) groups excluding carboxylic acids is 1. The molecule has 1 unspecified atom stereocenters. The van der Waals surface area contributed by atoms with Gasteiger partial charge in [0.25, 0.3) is 5.91 Å². The normalized spacial score (nSPS) is 18.7. The maximum absolute atomic E-state index is 12.1. The molecule has 1 rings (SSSR count). The van der Waals surface area contributed by atoms with Gasteiger partial charge in [-0.3, -0.25) is 9.28 Å². The molecule has 0 aliphatic carbocycles. The molecule has 0 aromatic rings. The summed E-state index contributed by atoms with van der Waals surface area (Å²) in [6.45, 7) is 4.56. The first-order valence-electron chi connectivity index (χ1n) is 11.6. The lowest BCUT2D eigenvalue weighted by atomic mass is 10.0. The van der Waals surface area contributed by atoms with Crippen molar-refractivity contribution >= 4 is 5.91 Å². The first-order valence-corrected chi connectivity index (χ1v) is 11.6. The largest absolute Gasteiger partial charge is 0.351 e. The number of unbranched alkanes of at least 4 members (excludes halogenated alkanes) is 13. The molecule has 0 aromatic carbocycles. The molecule has 1 amide bonds. The van der Waals surface area contributed by atoms with Crippen molar-refractivity contribution in [2.24, 2.45) is 0 Å². The fraction of sp³-hybridized carbons (Fsp3) is 0.792. The molecule has 0 saturated heterocycles. The minimum atomic E-state index is 0.173. The van der Waals surface area contributed by atoms with Crippen LogP contribution in [0, 0.1) is 0 Å². The third-order valence-corrected chi connectivity index (χ3v) is 5.57. The lowest BCUT2D eigenvalue weighted by Gasteiger charge is -2.29. The molecular formula is C24H45N2O+. The first kappa shape index (κ1) is 23.9. The van der Waals surface area contributed by atoms with Crippen LogP contribution in [0.1, 0.15) is 96.8 Å². The zero-order chi connectivity index (χ0) is 19.6. The van der Waals surface area contributed by atoms with Gasteiger partial charge in [0, 0.05) is 6.54 Å². The highest BCUT2D eigenvalue weighted by Gasteiger charge is 2.22. The molecule has 0 spiro atoms. The van der Waals surface area contributed by atoms with Crippen molar-refractivity contribution in [1.29, 1.82) is 0 Å². The van der Waals surface area contributed by atoms with Crippen LogP contribution in [-0.2, 0) is 4.79 Å². The second-order valence-corrected chi connectivity index (χ2v) is 8.54. The van der Waals surface area contributed by atoms with Gasteiger partial charge in [-0.1, -0.05) is 96.5 Å². The van der Waals surface area contributed by atoms with Crippen LogP contribution in [0.15, 0.2) is 24.4 Å². The number of hydrogen-bond donors (Lipinski definition) is 1. The summed E-state index contributed by atoms with van der Waals surface area (Å²) in [6.07, 6.45) is 27.5. The van der Waals surface area contributed by atoms with Gasteiger partial charge >= 0.3 is 0 Å². The van der Waals surface area contributed by atoms with E-state index in [1.807, 2.05) is 12.2 Å². The number of rotatable bonds is 17. The third-order valence-electron chi connectivity index (χ3n) is 5.57. The van der Waals surface area contributed by atoms with Gasteiger partial charge in [0.2, 0.25) is 0 Å². The smallest absolute Gasteiger partial charge is 0.275 e. The van der Waals surface area contributed by atoms with E-state index in [0.29, 0.717) is 11.0 Å². The molecule has 1 N–H and O–H groups in total. The van der Waals surface area contributed by atoms with E-state index in [0.717, 1.165) is 19.5 Å². The standard InChI is InChI=1S/C24H44N2O/c1-3-4-5-6-7-8-9-10-11-12-13-14-15-17-20-25-24(27)23-26(2)21-18-16-19-22-26/h16,18-19,21H,3-15,17,20,22-23H2,1-2H3/p+1. The van der Waals surface area contributed by atoms with Gasteiger partial charge in [0.1, 0.15) is 6.54 Å². The number of likely N-dealkylation sites (N-methyl/N-ethyl adjacent to an activating group) is 1. The molecule has 1 heterocycles. The van der Waals surface area contributed by atoms with Gasteiger partial charge in [-0.15, -0.1) is 0 Å². The number of nitrogens with one attached hydrogen (secondary N) is 1. The van der Waals surface area contributed by atoms with Crippen LogP contribution in [0.2, 0.25) is 0 Å². The predicted octanol–water partition coefficient (Wildman–Crippen LogP) is 6.11. The van der Waals surface area contributed by atoms with Crippen molar-refractivity contribution in [3.8, 4) is 0 Å². The van der Waals surface area contributed by atoms with E-state index in [1.165, 1.54) is 83.5 Å². The van der Waals surface area contributed by atoms with Crippen LogP contribution in [-0.4, -0.2) is 37.1 Å². The molecule has 0 fully saturated rings. The lowest BCUT2D eigenvalue weighted by molar-refractivity contribution is -0.845. The maximum Gasteiger partial charge on any atom is 0.275 e. The summed E-state index contributed by atoms with van der Waals surface area (Å²) in [5, 5.41) is 3.09. The zero-order valence-electron chi connectivity index (χ0n) is 18.2. The Hall–Kier alpha value is -1.09. The van der Waals surface area contributed by atoms with Crippen molar-refractivity contribution in [2.45, 2.75) is 96.8 Å². The second kappa shape index (κ2) is 15.9. The monoisotopic (exact) mass is 377 g/mol. The van der Waals surface area contributed by atoms with Gasteiger partial charge in [-0.05, 0) is 18.6 Å². The van der Waals surface area contributed by atoms with Gasteiger partial charge in [-0.25, -0.2) is 0 Å². The molecule has 0 saturated carbocycles. The van der Waals surface area contributed by atoms with E-state index < -0.39 is 0 Å². The van der Waals surface area contributed by atoms with Gasteiger partial charge < -0.3 is 5.32 Å². The van der Waals surface area contributed by atoms with Crippen molar-refractivity contribution in [1.82, 2.24) is 5.32 Å². The van der Waals surface area contributed by atoms with Crippen LogP contribution in [0.25, 0.3) is 0 Å². The van der Waals surface area contributed by atoms with Crippen molar-refractivity contribution < 1.29 is 9.28 Å². The first-order chi connectivity index (χ1) is 13.2. The number of nitrogens with zero attached hydrogens (tertiary/aromatic N) is 1. The van der Waals surface area contributed by atoms with Crippen LogP contribution in [0.5, 0.6) is 0 Å². The Balaban J connectivity index is 1.80. The molecule has 156 valence electrons. The zero-order valence-corrected chi connectivity index (χ0v) is 18.2. The predicted molar refractivity (Wildman–Crippen MR) is 118 cm³/mol. The highest BCUT2D eigenvalue weighted by atomic mass is 16.2. The summed E-state index contributed by atoms with van der Waals surface area (Å²) in [4.78, 5) is 12.1. The van der Waals surface area contributed by atoms with E-state index in [4.69, 9.17) is 0 Å². The minimum Gasteiger partial charge on any atom is -0.351 e. The molecule has 27 heavy (non-hydrogen) atoms. The quantitative estimate of drug-likeness (QED) is 0.240. The Morgan fingerprint density at radius 1 is 0.815 bits per heavy atom. The molecule has 1 aliphatic heterocycles. The number of quaternary nitrogens is 1. The molecule has 1 aliphatic rings. The second-order valence-electron chi connectivity index (χ2n) is 8.54. The Bertz CT molecular complexity index is 430. The van der Waals surface area contributed by atoms with Gasteiger partial charge in [0.05, 0.1) is 13.2 Å². The molecule has 3 heteroatoms. The number of hydrogen-bond acceptors (Lipinski definition) is 1. The van der Waals surface area contributed by atoms with Crippen molar-refractivity contribution in [3.63, 3.8) is 0 Å². The summed E-state index contributed by atoms with van der Waals surface area (Å²) in [5.41, 5.74) is 0. The highest BCUT2D eigenvalue weighted by molar-refractivity contribution is 5.77. The molecular weight excluding hydrogens is 332 g/mol. The lowest BCUT2D eigenvalue weighted by Crippen LogP contribution is -2.47. The maximum atomic E-state index is 12.1. The Labute approximate surface area is 168 Å². The SMILES string of the molecule is CCCCCCCCCCCCCCCCNC(=O)C[N+]1(C)C=CC=CC1. The molecule has 0 aromatic heterocycles. The summed E-state index contributed by atoms with van der Waals surface area (Å²) < 4.78 is 0.682. The number of allylic oxidation sites excluding steroid dienone is 2. The molecule has 3 nitrogen and oxygen atoms in total. The Morgan fingerprint density at radius 2 is 1.33 bits per heavy atom. The fourth-order valence-electron chi connectivity index (χ4n) is 3.75. The van der Waals surface area contributed by atoms with Gasteiger partial charge in [-0.2, -0.15) is 0 Å². The van der Waals surface area contributed by atoms with E-state index >= 15 is 0 Å². The number of amides is 1. The minimum absolute atomic E-state index is 0.173. The summed E-state index contributed by atoms with van der Waals surface area (Å²) in [5.74, 6) is 0.173. The van der Waals surface area contributed by atoms with Crippen LogP contribution in [0.3, 0.4) is 0 Å². The van der Waals surface area contributed by atoms with E-state index in [9.17, 15) is 4.79 Å². The van der Waals surface area contributed by atoms with E-state index in [-0.39, 0.29) is 5.91 Å². The average molecular weight is 378 g/mol. The van der Waals surface area contributed by atoms with Gasteiger partial charge in [0.15, 0.2) is 6.54 Å². The highest BCUT2D eigenvalue weighted by Crippen LogP contribution is 2.13. The van der Waals surface area contributed by atoms with Crippen LogP contribution < -0.4 is 5.32 Å². The third kappa shape index (κ3) is 13.7. The summed E-state index contributed by atoms with van der Waals surface area (Å²) in [7, 11) is 2.10. The van der Waals surface area contributed by atoms with Crippen LogP contribution >= 0.6 is 0 Å². The topological polar surface area (TPSA) is 29.1 Å². The van der Waals surface area contributed by atoms with Crippen molar-refractivity contribution in [3.05, 3.63) is 24.4 Å². The van der Waals surface area contributed by atoms with E-state index in [1.54, 1.807) is 0 Å². The van der Waals surface area contributed by atoms with Crippen molar-refractivity contribution in [2.75, 3.05) is 26.7 Å².